The molecule has 0 saturated carbocycles. The highest BCUT2D eigenvalue weighted by atomic mass is 32.1. The summed E-state index contributed by atoms with van der Waals surface area (Å²) in [4.78, 5) is 18.1. The molecule has 3 heterocycles. The van der Waals surface area contributed by atoms with E-state index < -0.39 is 0 Å². The summed E-state index contributed by atoms with van der Waals surface area (Å²) in [5, 5.41) is 1.87. The lowest BCUT2D eigenvalue weighted by molar-refractivity contribution is 0.0472. The van der Waals surface area contributed by atoms with E-state index in [-0.39, 0.29) is 12.6 Å². The van der Waals surface area contributed by atoms with Gasteiger partial charge in [0.15, 0.2) is 4.96 Å². The number of imidazole rings is 1. The monoisotopic (exact) mass is 328 g/mol. The molecule has 1 aromatic carbocycles. The molecule has 0 spiro atoms. The van der Waals surface area contributed by atoms with E-state index in [1.807, 2.05) is 30.5 Å². The van der Waals surface area contributed by atoms with E-state index in [1.165, 1.54) is 16.0 Å². The van der Waals surface area contributed by atoms with Crippen molar-refractivity contribution in [3.05, 3.63) is 58.0 Å². The molecule has 110 valence electrons. The second kappa shape index (κ2) is 5.23. The van der Waals surface area contributed by atoms with Crippen molar-refractivity contribution in [2.24, 2.45) is 0 Å². The van der Waals surface area contributed by atoms with Crippen molar-refractivity contribution < 1.29 is 9.53 Å². The fourth-order valence-corrected chi connectivity index (χ4v) is 4.15. The first-order valence-corrected chi connectivity index (χ1v) is 8.50. The number of hydrogen-bond acceptors (Lipinski definition) is 5. The van der Waals surface area contributed by atoms with Crippen LogP contribution in [0, 0.1) is 6.92 Å². The lowest BCUT2D eigenvalue weighted by Crippen LogP contribution is -2.05. The van der Waals surface area contributed by atoms with Crippen molar-refractivity contribution in [1.82, 2.24) is 9.38 Å². The number of ether oxygens (including phenoxy) is 1. The Bertz CT molecular complexity index is 967. The number of nitrogens with zero attached hydrogens (tertiary/aromatic N) is 2. The van der Waals surface area contributed by atoms with Crippen LogP contribution in [0.3, 0.4) is 0 Å². The molecule has 0 bridgehead atoms. The summed E-state index contributed by atoms with van der Waals surface area (Å²) in [5.74, 6) is -0.288. The van der Waals surface area contributed by atoms with Gasteiger partial charge in [-0.2, -0.15) is 0 Å². The Balaban J connectivity index is 1.71. The van der Waals surface area contributed by atoms with Crippen LogP contribution in [0.5, 0.6) is 0 Å². The minimum Gasteiger partial charge on any atom is -0.455 e. The first kappa shape index (κ1) is 13.5. The second-order valence-electron chi connectivity index (χ2n) is 4.89. The fraction of sp³-hybridized carbons (Fsp3) is 0.125. The average molecular weight is 328 g/mol. The molecule has 4 nitrogen and oxygen atoms in total. The van der Waals surface area contributed by atoms with Crippen LogP contribution in [-0.4, -0.2) is 15.4 Å². The zero-order valence-electron chi connectivity index (χ0n) is 11.8. The van der Waals surface area contributed by atoms with Crippen LogP contribution in [0.1, 0.15) is 21.1 Å². The summed E-state index contributed by atoms with van der Waals surface area (Å²) in [5.41, 5.74) is 2.93. The number of para-hydroxylation sites is 1. The minimum atomic E-state index is -0.288. The van der Waals surface area contributed by atoms with Gasteiger partial charge in [0.25, 0.3) is 0 Å². The van der Waals surface area contributed by atoms with Gasteiger partial charge in [0, 0.05) is 0 Å². The predicted molar refractivity (Wildman–Crippen MR) is 88.8 cm³/mol. The standard InChI is InChI=1S/C16H12N2O2S2/c1-10-12(9-20-15(19)14-7-4-8-21-14)18-11-5-2-3-6-13(11)22-16(18)17-10/h2-8H,9H2,1H3. The van der Waals surface area contributed by atoms with Gasteiger partial charge in [0.05, 0.1) is 21.6 Å². The number of aryl methyl sites for hydroxylation is 1. The van der Waals surface area contributed by atoms with Crippen LogP contribution in [0.15, 0.2) is 41.8 Å². The SMILES string of the molecule is Cc1nc2sc3ccccc3n2c1COC(=O)c1cccs1. The first-order valence-electron chi connectivity index (χ1n) is 6.80. The summed E-state index contributed by atoms with van der Waals surface area (Å²) in [6, 6.07) is 11.8. The van der Waals surface area contributed by atoms with Gasteiger partial charge in [-0.1, -0.05) is 29.5 Å². The van der Waals surface area contributed by atoms with Crippen molar-refractivity contribution in [3.8, 4) is 0 Å². The Labute approximate surface area is 134 Å². The molecule has 0 amide bonds. The van der Waals surface area contributed by atoms with Gasteiger partial charge in [-0.15, -0.1) is 11.3 Å². The van der Waals surface area contributed by atoms with Crippen LogP contribution in [0.25, 0.3) is 15.2 Å². The van der Waals surface area contributed by atoms with Crippen LogP contribution in [-0.2, 0) is 11.3 Å². The number of carbonyl (C=O) groups excluding carboxylic acids is 1. The van der Waals surface area contributed by atoms with Crippen LogP contribution in [0.2, 0.25) is 0 Å². The number of thiophene rings is 1. The maximum absolute atomic E-state index is 12.0. The quantitative estimate of drug-likeness (QED) is 0.527. The molecule has 0 saturated heterocycles. The average Bonchev–Trinajstić information content (AvgIpc) is 3.20. The fourth-order valence-electron chi connectivity index (χ4n) is 2.45. The minimum absolute atomic E-state index is 0.227. The number of rotatable bonds is 3. The predicted octanol–water partition coefficient (Wildman–Crippen LogP) is 4.28. The van der Waals surface area contributed by atoms with Gasteiger partial charge in [0.1, 0.15) is 11.5 Å². The molecule has 0 aliphatic heterocycles. The maximum Gasteiger partial charge on any atom is 0.348 e. The van der Waals surface area contributed by atoms with E-state index in [2.05, 4.69) is 21.5 Å². The third-order valence-electron chi connectivity index (χ3n) is 3.51. The largest absolute Gasteiger partial charge is 0.455 e. The summed E-state index contributed by atoms with van der Waals surface area (Å²) in [6.45, 7) is 2.17. The molecule has 0 aliphatic carbocycles. The number of esters is 1. The van der Waals surface area contributed by atoms with Crippen molar-refractivity contribution in [3.63, 3.8) is 0 Å². The van der Waals surface area contributed by atoms with E-state index >= 15 is 0 Å². The lowest BCUT2D eigenvalue weighted by Gasteiger charge is -2.04. The Morgan fingerprint density at radius 3 is 2.95 bits per heavy atom. The molecule has 4 rings (SSSR count). The third-order valence-corrected chi connectivity index (χ3v) is 5.38. The smallest absolute Gasteiger partial charge is 0.348 e. The highest BCUT2D eigenvalue weighted by Crippen LogP contribution is 2.29. The molecular formula is C16H12N2O2S2. The molecule has 0 unspecified atom stereocenters. The molecule has 6 heteroatoms. The number of carbonyl (C=O) groups is 1. The molecule has 4 aromatic rings. The molecular weight excluding hydrogens is 316 g/mol. The van der Waals surface area contributed by atoms with Crippen LogP contribution in [0.4, 0.5) is 0 Å². The normalized spacial score (nSPS) is 11.3. The Kier molecular flexibility index (Phi) is 3.20. The summed E-state index contributed by atoms with van der Waals surface area (Å²) in [7, 11) is 0. The summed E-state index contributed by atoms with van der Waals surface area (Å²) in [6.07, 6.45) is 0. The highest BCUT2D eigenvalue weighted by Gasteiger charge is 2.16. The molecule has 0 aliphatic rings. The second-order valence-corrected chi connectivity index (χ2v) is 6.84. The molecule has 0 atom stereocenters. The number of benzene rings is 1. The van der Waals surface area contributed by atoms with E-state index in [4.69, 9.17) is 4.74 Å². The van der Waals surface area contributed by atoms with E-state index in [0.717, 1.165) is 21.9 Å². The number of hydrogen-bond donors (Lipinski definition) is 0. The Morgan fingerprint density at radius 1 is 1.27 bits per heavy atom. The number of fused-ring (bicyclic) bond motifs is 3. The van der Waals surface area contributed by atoms with Gasteiger partial charge >= 0.3 is 5.97 Å². The Hall–Kier alpha value is -2.18. The van der Waals surface area contributed by atoms with Crippen molar-refractivity contribution in [2.75, 3.05) is 0 Å². The van der Waals surface area contributed by atoms with Gasteiger partial charge in [-0.3, -0.25) is 4.40 Å². The summed E-state index contributed by atoms with van der Waals surface area (Å²) < 4.78 is 8.71. The molecule has 22 heavy (non-hydrogen) atoms. The zero-order valence-corrected chi connectivity index (χ0v) is 13.4. The Morgan fingerprint density at radius 2 is 2.14 bits per heavy atom. The summed E-state index contributed by atoms with van der Waals surface area (Å²) >= 11 is 3.03. The van der Waals surface area contributed by atoms with Crippen LogP contribution < -0.4 is 0 Å². The number of thiazole rings is 1. The van der Waals surface area contributed by atoms with Crippen molar-refractivity contribution >= 4 is 43.8 Å². The highest BCUT2D eigenvalue weighted by molar-refractivity contribution is 7.23. The lowest BCUT2D eigenvalue weighted by atomic mass is 10.3. The topological polar surface area (TPSA) is 43.6 Å². The first-order chi connectivity index (χ1) is 10.7. The molecule has 0 radical (unpaired) electrons. The van der Waals surface area contributed by atoms with Gasteiger partial charge in [-0.25, -0.2) is 9.78 Å². The van der Waals surface area contributed by atoms with Crippen LogP contribution >= 0.6 is 22.7 Å². The van der Waals surface area contributed by atoms with Gasteiger partial charge < -0.3 is 4.74 Å². The van der Waals surface area contributed by atoms with E-state index in [1.54, 1.807) is 17.4 Å². The molecule has 0 N–H and O–H groups in total. The van der Waals surface area contributed by atoms with E-state index in [0.29, 0.717) is 4.88 Å². The van der Waals surface area contributed by atoms with E-state index in [9.17, 15) is 4.79 Å². The van der Waals surface area contributed by atoms with Gasteiger partial charge in [-0.05, 0) is 30.5 Å². The third kappa shape index (κ3) is 2.12. The zero-order chi connectivity index (χ0) is 15.1. The number of aromatic nitrogens is 2. The molecule has 3 aromatic heterocycles. The van der Waals surface area contributed by atoms with Crippen molar-refractivity contribution in [1.29, 1.82) is 0 Å². The maximum atomic E-state index is 12.0. The molecule has 0 fully saturated rings. The van der Waals surface area contributed by atoms with Gasteiger partial charge in [0.2, 0.25) is 0 Å². The van der Waals surface area contributed by atoms with Crippen molar-refractivity contribution in [2.45, 2.75) is 13.5 Å².